The van der Waals surface area contributed by atoms with Gasteiger partial charge in [0.05, 0.1) is 31.0 Å². The number of aldehydes is 1. The Morgan fingerprint density at radius 3 is 2.84 bits per heavy atom. The van der Waals surface area contributed by atoms with Gasteiger partial charge < -0.3 is 25.2 Å². The lowest BCUT2D eigenvalue weighted by molar-refractivity contribution is -0.115. The molecule has 2 heterocycles. The van der Waals surface area contributed by atoms with Crippen LogP contribution in [0.2, 0.25) is 0 Å². The number of ether oxygens (including phenoxy) is 2. The van der Waals surface area contributed by atoms with E-state index in [9.17, 15) is 19.5 Å². The third kappa shape index (κ3) is 6.26. The second-order valence-electron chi connectivity index (χ2n) is 9.26. The first-order chi connectivity index (χ1) is 17.7. The number of aromatic nitrogens is 4. The Morgan fingerprint density at radius 1 is 1.30 bits per heavy atom. The van der Waals surface area contributed by atoms with Crippen LogP contribution in [-0.2, 0) is 16.0 Å². The molecule has 2 aromatic heterocycles. The van der Waals surface area contributed by atoms with Crippen molar-refractivity contribution < 1.29 is 29.0 Å². The van der Waals surface area contributed by atoms with Crippen molar-refractivity contribution in [3.05, 3.63) is 47.4 Å². The molecule has 0 radical (unpaired) electrons. The van der Waals surface area contributed by atoms with E-state index in [1.54, 1.807) is 18.3 Å². The Hall–Kier alpha value is -4.35. The molecule has 1 saturated carbocycles. The topological polar surface area (TPSA) is 160 Å². The van der Waals surface area contributed by atoms with Gasteiger partial charge in [-0.15, -0.1) is 0 Å². The summed E-state index contributed by atoms with van der Waals surface area (Å²) >= 11 is 0. The molecule has 0 spiro atoms. The van der Waals surface area contributed by atoms with Crippen molar-refractivity contribution >= 4 is 24.1 Å². The summed E-state index contributed by atoms with van der Waals surface area (Å²) in [6.07, 6.45) is 5.39. The van der Waals surface area contributed by atoms with Gasteiger partial charge in [-0.3, -0.25) is 14.7 Å². The average molecular weight is 511 g/mol. The van der Waals surface area contributed by atoms with Gasteiger partial charge in [0.2, 0.25) is 5.91 Å². The van der Waals surface area contributed by atoms with Gasteiger partial charge in [0.1, 0.15) is 17.6 Å². The number of rotatable bonds is 9. The first kappa shape index (κ1) is 25.7. The minimum atomic E-state index is -0.410. The standard InChI is InChI=1S/C25H30N6O6/c1-14(2)27-25(35)37-17-5-4-16(7-17)20-10-23(30-29-20)28-24(34)6-15-11-26-31(12-15)21-8-18(36-3)9-22(33)19(21)13-32/h8-14,16-17,33H,4-7H2,1-3H3,(H,27,35)(H2,28,29,30,34)/t16?,17-/m1/s1. The molecule has 196 valence electrons. The molecule has 0 aliphatic heterocycles. The third-order valence-electron chi connectivity index (χ3n) is 6.08. The number of carbonyl (C=O) groups excluding carboxylic acids is 3. The molecule has 12 heteroatoms. The molecule has 2 atom stereocenters. The Labute approximate surface area is 213 Å². The molecular weight excluding hydrogens is 480 g/mol. The van der Waals surface area contributed by atoms with Crippen LogP contribution in [0.1, 0.15) is 60.6 Å². The highest BCUT2D eigenvalue weighted by atomic mass is 16.6. The molecule has 37 heavy (non-hydrogen) atoms. The van der Waals surface area contributed by atoms with Crippen molar-refractivity contribution in [3.63, 3.8) is 0 Å². The summed E-state index contributed by atoms with van der Waals surface area (Å²) in [6.45, 7) is 3.75. The van der Waals surface area contributed by atoms with Crippen LogP contribution in [-0.4, -0.2) is 62.6 Å². The van der Waals surface area contributed by atoms with Crippen molar-refractivity contribution in [3.8, 4) is 17.2 Å². The molecule has 1 aromatic carbocycles. The SMILES string of the molecule is COc1cc(O)c(C=O)c(-n2cc(CC(=O)Nc3cc(C4CC[C@@H](OC(=O)NC(C)C)C4)[nH]n3)cn2)c1. The number of carbonyl (C=O) groups is 3. The Kier molecular flexibility index (Phi) is 7.75. The molecule has 3 aromatic rings. The fourth-order valence-corrected chi connectivity index (χ4v) is 4.34. The molecule has 1 aliphatic rings. The maximum absolute atomic E-state index is 12.6. The zero-order valence-electron chi connectivity index (χ0n) is 20.9. The Bertz CT molecular complexity index is 1280. The van der Waals surface area contributed by atoms with Gasteiger partial charge in [-0.25, -0.2) is 9.48 Å². The van der Waals surface area contributed by atoms with Gasteiger partial charge in [-0.1, -0.05) is 0 Å². The van der Waals surface area contributed by atoms with E-state index in [1.807, 2.05) is 13.8 Å². The summed E-state index contributed by atoms with van der Waals surface area (Å²) in [5, 5.41) is 27.0. The number of methoxy groups -OCH3 is 1. The number of hydrogen-bond acceptors (Lipinski definition) is 8. The quantitative estimate of drug-likeness (QED) is 0.320. The number of H-pyrrole nitrogens is 1. The van der Waals surface area contributed by atoms with Crippen LogP contribution >= 0.6 is 0 Å². The van der Waals surface area contributed by atoms with Gasteiger partial charge in [-0.2, -0.15) is 10.2 Å². The summed E-state index contributed by atoms with van der Waals surface area (Å²) < 4.78 is 12.0. The van der Waals surface area contributed by atoms with E-state index in [0.717, 1.165) is 18.5 Å². The van der Waals surface area contributed by atoms with Crippen LogP contribution in [0, 0.1) is 0 Å². The maximum atomic E-state index is 12.6. The van der Waals surface area contributed by atoms with E-state index in [0.29, 0.717) is 35.5 Å². The number of hydrogen-bond donors (Lipinski definition) is 4. The summed E-state index contributed by atoms with van der Waals surface area (Å²) in [6, 6.07) is 4.71. The Balaban J connectivity index is 1.34. The summed E-state index contributed by atoms with van der Waals surface area (Å²) in [7, 11) is 1.45. The zero-order chi connectivity index (χ0) is 26.5. The smallest absolute Gasteiger partial charge is 0.407 e. The molecule has 12 nitrogen and oxygen atoms in total. The van der Waals surface area contributed by atoms with Crippen molar-refractivity contribution in [2.24, 2.45) is 0 Å². The zero-order valence-corrected chi connectivity index (χ0v) is 20.9. The second kappa shape index (κ2) is 11.1. The van der Waals surface area contributed by atoms with Gasteiger partial charge >= 0.3 is 6.09 Å². The number of nitrogens with zero attached hydrogens (tertiary/aromatic N) is 3. The summed E-state index contributed by atoms with van der Waals surface area (Å²) in [5.74, 6) is 0.392. The number of aromatic hydroxyl groups is 1. The van der Waals surface area contributed by atoms with Crippen LogP contribution in [0.15, 0.2) is 30.6 Å². The van der Waals surface area contributed by atoms with Crippen LogP contribution < -0.4 is 15.4 Å². The van der Waals surface area contributed by atoms with Crippen LogP contribution in [0.5, 0.6) is 11.5 Å². The molecule has 1 fully saturated rings. The maximum Gasteiger partial charge on any atom is 0.407 e. The fraction of sp³-hybridized carbons (Fsp3) is 0.400. The predicted octanol–water partition coefficient (Wildman–Crippen LogP) is 3.07. The van der Waals surface area contributed by atoms with E-state index >= 15 is 0 Å². The van der Waals surface area contributed by atoms with Gasteiger partial charge in [0, 0.05) is 42.0 Å². The van der Waals surface area contributed by atoms with Crippen molar-refractivity contribution in [2.75, 3.05) is 12.4 Å². The van der Waals surface area contributed by atoms with Crippen molar-refractivity contribution in [1.82, 2.24) is 25.3 Å². The summed E-state index contributed by atoms with van der Waals surface area (Å²) in [4.78, 5) is 35.9. The largest absolute Gasteiger partial charge is 0.507 e. The summed E-state index contributed by atoms with van der Waals surface area (Å²) in [5.41, 5.74) is 1.86. The van der Waals surface area contributed by atoms with E-state index in [1.165, 1.54) is 24.1 Å². The highest BCUT2D eigenvalue weighted by Gasteiger charge is 2.30. The van der Waals surface area contributed by atoms with E-state index in [4.69, 9.17) is 9.47 Å². The lowest BCUT2D eigenvalue weighted by Gasteiger charge is -2.14. The average Bonchev–Trinajstić information content (AvgIpc) is 3.59. The molecule has 0 saturated heterocycles. The monoisotopic (exact) mass is 510 g/mol. The number of amides is 2. The molecule has 0 bridgehead atoms. The minimum Gasteiger partial charge on any atom is -0.507 e. The van der Waals surface area contributed by atoms with Crippen molar-refractivity contribution in [1.29, 1.82) is 0 Å². The number of nitrogens with one attached hydrogen (secondary N) is 3. The highest BCUT2D eigenvalue weighted by molar-refractivity contribution is 5.91. The molecule has 4 N–H and O–H groups in total. The normalized spacial score (nSPS) is 17.0. The molecule has 2 amide bonds. The number of phenols is 1. The highest BCUT2D eigenvalue weighted by Crippen LogP contribution is 2.36. The molecule has 4 rings (SSSR count). The lowest BCUT2D eigenvalue weighted by atomic mass is 10.0. The van der Waals surface area contributed by atoms with Gasteiger partial charge in [-0.05, 0) is 38.7 Å². The fourth-order valence-electron chi connectivity index (χ4n) is 4.34. The number of anilines is 1. The van der Waals surface area contributed by atoms with Crippen LogP contribution in [0.4, 0.5) is 10.6 Å². The molecule has 1 aliphatic carbocycles. The van der Waals surface area contributed by atoms with E-state index < -0.39 is 6.09 Å². The van der Waals surface area contributed by atoms with Gasteiger partial charge in [0.15, 0.2) is 12.1 Å². The lowest BCUT2D eigenvalue weighted by Crippen LogP contribution is -2.33. The van der Waals surface area contributed by atoms with E-state index in [-0.39, 0.29) is 41.7 Å². The van der Waals surface area contributed by atoms with Crippen LogP contribution in [0.3, 0.4) is 0 Å². The second-order valence-corrected chi connectivity index (χ2v) is 9.26. The predicted molar refractivity (Wildman–Crippen MR) is 133 cm³/mol. The molecular formula is C25H30N6O6. The first-order valence-corrected chi connectivity index (χ1v) is 12.0. The first-order valence-electron chi connectivity index (χ1n) is 12.0. The number of benzene rings is 1. The van der Waals surface area contributed by atoms with Gasteiger partial charge in [0.25, 0.3) is 0 Å². The molecule has 1 unspecified atom stereocenters. The van der Waals surface area contributed by atoms with Crippen molar-refractivity contribution in [2.45, 2.75) is 57.6 Å². The number of alkyl carbamates (subject to hydrolysis) is 1. The Morgan fingerprint density at radius 2 is 2.11 bits per heavy atom. The minimum absolute atomic E-state index is 0.0156. The number of phenolic OH excluding ortho intramolecular Hbond substituents is 1. The van der Waals surface area contributed by atoms with Crippen LogP contribution in [0.25, 0.3) is 5.69 Å². The number of aromatic amines is 1. The van der Waals surface area contributed by atoms with E-state index in [2.05, 4.69) is 25.9 Å². The third-order valence-corrected chi connectivity index (χ3v) is 6.08.